The van der Waals surface area contributed by atoms with Crippen LogP contribution in [0.2, 0.25) is 0 Å². The highest BCUT2D eigenvalue weighted by Crippen LogP contribution is 2.19. The first-order chi connectivity index (χ1) is 8.47. The van der Waals surface area contributed by atoms with Crippen LogP contribution in [0.3, 0.4) is 0 Å². The molecule has 0 aromatic carbocycles. The van der Waals surface area contributed by atoms with Crippen molar-refractivity contribution in [3.8, 4) is 0 Å². The molecule has 1 aromatic rings. The second-order valence-electron chi connectivity index (χ2n) is 5.45. The molecule has 0 unspecified atom stereocenters. The summed E-state index contributed by atoms with van der Waals surface area (Å²) in [5, 5.41) is 0. The minimum atomic E-state index is -3.26. The van der Waals surface area contributed by atoms with Crippen molar-refractivity contribution in [2.75, 3.05) is 11.5 Å². The number of pyridine rings is 1. The Kier molecular flexibility index (Phi) is 4.51. The first kappa shape index (κ1) is 16.2. The summed E-state index contributed by atoms with van der Waals surface area (Å²) in [7, 11) is -3.26. The van der Waals surface area contributed by atoms with Gasteiger partial charge < -0.3 is 10.3 Å². The van der Waals surface area contributed by atoms with E-state index in [9.17, 15) is 13.2 Å². The predicted molar refractivity (Wildman–Crippen MR) is 81.1 cm³/mol. The molecule has 0 fully saturated rings. The molecule has 0 radical (unpaired) electrons. The molecule has 0 aliphatic heterocycles. The quantitative estimate of drug-likeness (QED) is 0.899. The van der Waals surface area contributed by atoms with Crippen LogP contribution >= 0.6 is 15.9 Å². The zero-order valence-corrected chi connectivity index (χ0v) is 13.9. The number of nitrogens with two attached hydrogens (primary N) is 1. The molecule has 2 N–H and O–H groups in total. The summed E-state index contributed by atoms with van der Waals surface area (Å²) >= 11 is 3.18. The molecule has 5 nitrogen and oxygen atoms in total. The molecule has 0 amide bonds. The third-order valence-corrected chi connectivity index (χ3v) is 6.56. The van der Waals surface area contributed by atoms with E-state index >= 15 is 0 Å². The number of halogens is 1. The van der Waals surface area contributed by atoms with Gasteiger partial charge >= 0.3 is 0 Å². The average Bonchev–Trinajstić information content (AvgIpc) is 2.28. The van der Waals surface area contributed by atoms with Crippen molar-refractivity contribution in [2.45, 2.75) is 39.0 Å². The molecule has 0 bridgehead atoms. The van der Waals surface area contributed by atoms with Crippen LogP contribution in [0.15, 0.2) is 15.5 Å². The van der Waals surface area contributed by atoms with Gasteiger partial charge in [0, 0.05) is 12.7 Å². The Labute approximate surface area is 121 Å². The number of hydrogen-bond donors (Lipinski definition) is 1. The third kappa shape index (κ3) is 3.39. The summed E-state index contributed by atoms with van der Waals surface area (Å²) in [5.41, 5.74) is 6.63. The topological polar surface area (TPSA) is 82.2 Å². The predicted octanol–water partition coefficient (Wildman–Crippen LogP) is 1.71. The first-order valence-electron chi connectivity index (χ1n) is 5.84. The van der Waals surface area contributed by atoms with Crippen molar-refractivity contribution >= 4 is 31.5 Å². The molecule has 1 heterocycles. The normalized spacial score (nSPS) is 12.7. The largest absolute Gasteiger partial charge is 0.397 e. The summed E-state index contributed by atoms with van der Waals surface area (Å²) in [6.45, 7) is 6.76. The minimum Gasteiger partial charge on any atom is -0.397 e. The van der Waals surface area contributed by atoms with Crippen LogP contribution in [0.25, 0.3) is 0 Å². The van der Waals surface area contributed by atoms with Crippen molar-refractivity contribution in [3.63, 3.8) is 0 Å². The van der Waals surface area contributed by atoms with E-state index in [-0.39, 0.29) is 17.9 Å². The van der Waals surface area contributed by atoms with Crippen LogP contribution < -0.4 is 11.3 Å². The van der Waals surface area contributed by atoms with E-state index in [0.29, 0.717) is 15.7 Å². The monoisotopic (exact) mass is 350 g/mol. The molecule has 0 aliphatic carbocycles. The van der Waals surface area contributed by atoms with E-state index in [4.69, 9.17) is 5.73 Å². The van der Waals surface area contributed by atoms with Gasteiger partial charge in [-0.1, -0.05) is 0 Å². The number of anilines is 1. The average molecular weight is 351 g/mol. The lowest BCUT2D eigenvalue weighted by Gasteiger charge is -2.19. The van der Waals surface area contributed by atoms with E-state index in [1.165, 1.54) is 10.8 Å². The van der Waals surface area contributed by atoms with Gasteiger partial charge in [-0.05, 0) is 49.2 Å². The number of aryl methyl sites for hydroxylation is 1. The second kappa shape index (κ2) is 5.28. The van der Waals surface area contributed by atoms with Crippen LogP contribution in [-0.2, 0) is 16.4 Å². The van der Waals surface area contributed by atoms with Crippen LogP contribution in [0.5, 0.6) is 0 Å². The van der Waals surface area contributed by atoms with Crippen molar-refractivity contribution in [1.29, 1.82) is 0 Å². The Bertz CT molecular complexity index is 642. The van der Waals surface area contributed by atoms with Gasteiger partial charge in [0.15, 0.2) is 9.84 Å². The van der Waals surface area contributed by atoms with E-state index in [1.54, 1.807) is 27.7 Å². The van der Waals surface area contributed by atoms with E-state index in [0.717, 1.165) is 0 Å². The maximum atomic E-state index is 12.0. The molecule has 108 valence electrons. The fourth-order valence-electron chi connectivity index (χ4n) is 1.43. The Morgan fingerprint density at radius 2 is 1.89 bits per heavy atom. The smallest absolute Gasteiger partial charge is 0.265 e. The fourth-order valence-corrected chi connectivity index (χ4v) is 2.93. The van der Waals surface area contributed by atoms with E-state index in [2.05, 4.69) is 15.9 Å². The molecule has 0 aliphatic rings. The van der Waals surface area contributed by atoms with Gasteiger partial charge in [-0.15, -0.1) is 0 Å². The molecule has 0 saturated heterocycles. The highest BCUT2D eigenvalue weighted by atomic mass is 79.9. The second-order valence-corrected chi connectivity index (χ2v) is 9.11. The van der Waals surface area contributed by atoms with Crippen molar-refractivity contribution in [2.24, 2.45) is 0 Å². The Morgan fingerprint density at radius 1 is 1.37 bits per heavy atom. The maximum absolute atomic E-state index is 12.0. The van der Waals surface area contributed by atoms with Crippen LogP contribution in [0.4, 0.5) is 5.69 Å². The number of sulfone groups is 1. The molecule has 1 rings (SSSR count). The molecular weight excluding hydrogens is 332 g/mol. The van der Waals surface area contributed by atoms with Gasteiger partial charge in [-0.2, -0.15) is 0 Å². The zero-order chi connectivity index (χ0) is 15.0. The summed E-state index contributed by atoms with van der Waals surface area (Å²) in [5.74, 6) is -0.0919. The third-order valence-electron chi connectivity index (χ3n) is 3.04. The van der Waals surface area contributed by atoms with E-state index in [1.807, 2.05) is 0 Å². The Morgan fingerprint density at radius 3 is 2.37 bits per heavy atom. The van der Waals surface area contributed by atoms with Crippen LogP contribution in [0.1, 0.15) is 26.3 Å². The zero-order valence-electron chi connectivity index (χ0n) is 11.5. The van der Waals surface area contributed by atoms with Gasteiger partial charge in [0.2, 0.25) is 0 Å². The fraction of sp³-hybridized carbons (Fsp3) is 0.583. The van der Waals surface area contributed by atoms with Crippen molar-refractivity contribution in [1.82, 2.24) is 4.57 Å². The standard InChI is InChI=1S/C12H19BrN2O3S/c1-8-9(14)7-15(11(16)10(8)13)5-6-19(17,18)12(2,3)4/h7H,5-6,14H2,1-4H3. The van der Waals surface area contributed by atoms with Crippen molar-refractivity contribution in [3.05, 3.63) is 26.6 Å². The number of nitrogen functional groups attached to an aromatic ring is 1. The summed E-state index contributed by atoms with van der Waals surface area (Å²) < 4.78 is 24.9. The number of aromatic nitrogens is 1. The van der Waals surface area contributed by atoms with Gasteiger partial charge in [-0.25, -0.2) is 8.42 Å². The molecular formula is C12H19BrN2O3S. The summed E-state index contributed by atoms with van der Waals surface area (Å²) in [4.78, 5) is 12.0. The van der Waals surface area contributed by atoms with Crippen LogP contribution in [0, 0.1) is 6.92 Å². The van der Waals surface area contributed by atoms with Crippen LogP contribution in [-0.4, -0.2) is 23.5 Å². The molecule has 0 spiro atoms. The maximum Gasteiger partial charge on any atom is 0.265 e. The lowest BCUT2D eigenvalue weighted by Crippen LogP contribution is -2.34. The van der Waals surface area contributed by atoms with E-state index < -0.39 is 14.6 Å². The van der Waals surface area contributed by atoms with Gasteiger partial charge in [-0.3, -0.25) is 4.79 Å². The molecule has 19 heavy (non-hydrogen) atoms. The Balaban J connectivity index is 3.08. The molecule has 0 saturated carbocycles. The SMILES string of the molecule is Cc1c(N)cn(CCS(=O)(=O)C(C)(C)C)c(=O)c1Br. The van der Waals surface area contributed by atoms with Gasteiger partial charge in [0.05, 0.1) is 20.7 Å². The molecule has 7 heteroatoms. The molecule has 1 aromatic heterocycles. The molecule has 0 atom stereocenters. The number of hydrogen-bond acceptors (Lipinski definition) is 4. The highest BCUT2D eigenvalue weighted by molar-refractivity contribution is 9.10. The lowest BCUT2D eigenvalue weighted by atomic mass is 10.2. The highest BCUT2D eigenvalue weighted by Gasteiger charge is 2.28. The Hall–Kier alpha value is -0.820. The minimum absolute atomic E-state index is 0.0919. The first-order valence-corrected chi connectivity index (χ1v) is 8.29. The van der Waals surface area contributed by atoms with Gasteiger partial charge in [0.25, 0.3) is 5.56 Å². The summed E-state index contributed by atoms with van der Waals surface area (Å²) in [6.07, 6.45) is 1.49. The number of nitrogens with zero attached hydrogens (tertiary/aromatic N) is 1. The lowest BCUT2D eigenvalue weighted by molar-refractivity contribution is 0.552. The number of rotatable bonds is 3. The van der Waals surface area contributed by atoms with Crippen molar-refractivity contribution < 1.29 is 8.42 Å². The summed E-state index contributed by atoms with van der Waals surface area (Å²) in [6, 6.07) is 0. The van der Waals surface area contributed by atoms with Gasteiger partial charge in [0.1, 0.15) is 0 Å².